The van der Waals surface area contributed by atoms with Gasteiger partial charge < -0.3 is 19.5 Å². The lowest BCUT2D eigenvalue weighted by Crippen LogP contribution is -2.14. The highest BCUT2D eigenvalue weighted by Crippen LogP contribution is 2.30. The second kappa shape index (κ2) is 9.99. The number of aromatic nitrogens is 2. The Balaban J connectivity index is 1.75. The topological polar surface area (TPSA) is 82.6 Å². The molecular weight excluding hydrogens is 390 g/mol. The predicted octanol–water partition coefficient (Wildman–Crippen LogP) is 4.19. The fourth-order valence-electron chi connectivity index (χ4n) is 2.59. The number of methoxy groups -OCH3 is 1. The Morgan fingerprint density at radius 3 is 2.66 bits per heavy atom. The SMILES string of the molecule is CCOc1ccc(-c2nc(C)c(C(=O)Nc3cccnc3OCCOC)s2)cc1. The van der Waals surface area contributed by atoms with Crippen LogP contribution in [0.3, 0.4) is 0 Å². The van der Waals surface area contributed by atoms with Crippen molar-refractivity contribution in [3.63, 3.8) is 0 Å². The standard InChI is InChI=1S/C21H23N3O4S/c1-4-27-16-9-7-15(8-10-16)21-23-14(2)18(29-21)19(25)24-17-6-5-11-22-20(17)28-13-12-26-3/h5-11H,4,12-13H2,1-3H3,(H,24,25). The summed E-state index contributed by atoms with van der Waals surface area (Å²) in [4.78, 5) is 22.1. The Morgan fingerprint density at radius 1 is 1.14 bits per heavy atom. The number of carbonyl (C=O) groups excluding carboxylic acids is 1. The molecule has 29 heavy (non-hydrogen) atoms. The summed E-state index contributed by atoms with van der Waals surface area (Å²) in [6.45, 7) is 5.16. The lowest BCUT2D eigenvalue weighted by Gasteiger charge is -2.10. The third kappa shape index (κ3) is 5.30. The summed E-state index contributed by atoms with van der Waals surface area (Å²) >= 11 is 1.34. The molecule has 0 saturated carbocycles. The van der Waals surface area contributed by atoms with Gasteiger partial charge in [-0.15, -0.1) is 11.3 Å². The van der Waals surface area contributed by atoms with Crippen LogP contribution < -0.4 is 14.8 Å². The summed E-state index contributed by atoms with van der Waals surface area (Å²) in [5.74, 6) is 0.911. The van der Waals surface area contributed by atoms with Gasteiger partial charge in [0.05, 0.1) is 18.9 Å². The second-order valence-electron chi connectivity index (χ2n) is 6.04. The highest BCUT2D eigenvalue weighted by molar-refractivity contribution is 7.17. The first-order valence-corrected chi connectivity index (χ1v) is 10.0. The number of pyridine rings is 1. The van der Waals surface area contributed by atoms with Gasteiger partial charge in [0.2, 0.25) is 5.88 Å². The third-order valence-corrected chi connectivity index (χ3v) is 5.17. The molecule has 0 bridgehead atoms. The predicted molar refractivity (Wildman–Crippen MR) is 113 cm³/mol. The molecule has 1 N–H and O–H groups in total. The number of rotatable bonds is 9. The van der Waals surface area contributed by atoms with Crippen LogP contribution in [0.25, 0.3) is 10.6 Å². The van der Waals surface area contributed by atoms with E-state index in [1.165, 1.54) is 11.3 Å². The van der Waals surface area contributed by atoms with Crippen molar-refractivity contribution in [3.05, 3.63) is 53.2 Å². The molecule has 7 nitrogen and oxygen atoms in total. The molecule has 0 spiro atoms. The highest BCUT2D eigenvalue weighted by Gasteiger charge is 2.18. The summed E-state index contributed by atoms with van der Waals surface area (Å²) in [5.41, 5.74) is 2.11. The largest absolute Gasteiger partial charge is 0.494 e. The minimum absolute atomic E-state index is 0.248. The molecule has 0 aliphatic heterocycles. The zero-order chi connectivity index (χ0) is 20.6. The van der Waals surface area contributed by atoms with Crippen LogP contribution in [0.2, 0.25) is 0 Å². The number of ether oxygens (including phenoxy) is 3. The van der Waals surface area contributed by atoms with E-state index >= 15 is 0 Å². The van der Waals surface area contributed by atoms with Crippen LogP contribution in [-0.4, -0.2) is 42.8 Å². The number of thiazole rings is 1. The number of hydrogen-bond donors (Lipinski definition) is 1. The lowest BCUT2D eigenvalue weighted by molar-refractivity contribution is 0.102. The summed E-state index contributed by atoms with van der Waals surface area (Å²) in [7, 11) is 1.60. The molecular formula is C21H23N3O4S. The van der Waals surface area contributed by atoms with Crippen LogP contribution in [0.1, 0.15) is 22.3 Å². The Bertz CT molecular complexity index is 957. The van der Waals surface area contributed by atoms with Crippen molar-refractivity contribution < 1.29 is 19.0 Å². The van der Waals surface area contributed by atoms with Crippen LogP contribution in [0, 0.1) is 6.92 Å². The highest BCUT2D eigenvalue weighted by atomic mass is 32.1. The molecule has 0 saturated heterocycles. The number of anilines is 1. The first-order valence-electron chi connectivity index (χ1n) is 9.21. The van der Waals surface area contributed by atoms with Gasteiger partial charge in [-0.05, 0) is 50.2 Å². The van der Waals surface area contributed by atoms with E-state index in [1.807, 2.05) is 38.1 Å². The molecule has 1 amide bonds. The van der Waals surface area contributed by atoms with E-state index in [9.17, 15) is 4.79 Å². The zero-order valence-corrected chi connectivity index (χ0v) is 17.4. The smallest absolute Gasteiger partial charge is 0.267 e. The van der Waals surface area contributed by atoms with E-state index in [4.69, 9.17) is 14.2 Å². The van der Waals surface area contributed by atoms with Crippen LogP contribution in [0.15, 0.2) is 42.6 Å². The summed E-state index contributed by atoms with van der Waals surface area (Å²) in [5, 5.41) is 3.64. The van der Waals surface area contributed by atoms with Crippen LogP contribution in [-0.2, 0) is 4.74 Å². The van der Waals surface area contributed by atoms with E-state index in [0.717, 1.165) is 16.3 Å². The minimum Gasteiger partial charge on any atom is -0.494 e. The number of amides is 1. The maximum atomic E-state index is 12.8. The van der Waals surface area contributed by atoms with Crippen molar-refractivity contribution in [2.75, 3.05) is 32.2 Å². The van der Waals surface area contributed by atoms with Gasteiger partial charge in [-0.3, -0.25) is 4.79 Å². The molecule has 8 heteroatoms. The number of benzene rings is 1. The second-order valence-corrected chi connectivity index (χ2v) is 7.04. The van der Waals surface area contributed by atoms with Gasteiger partial charge in [-0.1, -0.05) is 0 Å². The van der Waals surface area contributed by atoms with Gasteiger partial charge in [0.15, 0.2) is 0 Å². The molecule has 3 aromatic rings. The molecule has 0 aliphatic carbocycles. The number of aryl methyl sites for hydroxylation is 1. The number of nitrogens with zero attached hydrogens (tertiary/aromatic N) is 2. The lowest BCUT2D eigenvalue weighted by atomic mass is 10.2. The molecule has 0 fully saturated rings. The quantitative estimate of drug-likeness (QED) is 0.530. The molecule has 152 valence electrons. The van der Waals surface area contributed by atoms with Gasteiger partial charge >= 0.3 is 0 Å². The summed E-state index contributed by atoms with van der Waals surface area (Å²) in [6, 6.07) is 11.2. The third-order valence-electron chi connectivity index (χ3n) is 3.96. The van der Waals surface area contributed by atoms with Gasteiger partial charge in [-0.2, -0.15) is 0 Å². The Kier molecular flexibility index (Phi) is 7.15. The Hall–Kier alpha value is -2.97. The molecule has 0 unspecified atom stereocenters. The van der Waals surface area contributed by atoms with E-state index in [0.29, 0.717) is 42.0 Å². The Labute approximate surface area is 173 Å². The first kappa shape index (κ1) is 20.8. The molecule has 2 heterocycles. The average molecular weight is 413 g/mol. The first-order chi connectivity index (χ1) is 14.1. The molecule has 0 aliphatic rings. The van der Waals surface area contributed by atoms with Gasteiger partial charge in [0.25, 0.3) is 5.91 Å². The van der Waals surface area contributed by atoms with Gasteiger partial charge in [0.1, 0.15) is 27.9 Å². The fourth-order valence-corrected chi connectivity index (χ4v) is 3.56. The summed E-state index contributed by atoms with van der Waals surface area (Å²) in [6.07, 6.45) is 1.61. The molecule has 3 rings (SSSR count). The zero-order valence-electron chi connectivity index (χ0n) is 16.6. The maximum absolute atomic E-state index is 12.8. The average Bonchev–Trinajstić information content (AvgIpc) is 3.12. The minimum atomic E-state index is -0.248. The van der Waals surface area contributed by atoms with E-state index in [-0.39, 0.29) is 5.91 Å². The fraction of sp³-hybridized carbons (Fsp3) is 0.286. The van der Waals surface area contributed by atoms with Crippen molar-refractivity contribution in [2.24, 2.45) is 0 Å². The van der Waals surface area contributed by atoms with Crippen molar-refractivity contribution in [3.8, 4) is 22.2 Å². The van der Waals surface area contributed by atoms with Crippen molar-refractivity contribution in [2.45, 2.75) is 13.8 Å². The maximum Gasteiger partial charge on any atom is 0.267 e. The van der Waals surface area contributed by atoms with Crippen LogP contribution in [0.5, 0.6) is 11.6 Å². The molecule has 2 aromatic heterocycles. The Morgan fingerprint density at radius 2 is 1.93 bits per heavy atom. The summed E-state index contributed by atoms with van der Waals surface area (Å²) < 4.78 is 16.0. The number of nitrogens with one attached hydrogen (secondary N) is 1. The van der Waals surface area contributed by atoms with Crippen molar-refractivity contribution in [1.29, 1.82) is 0 Å². The van der Waals surface area contributed by atoms with Gasteiger partial charge in [0, 0.05) is 18.9 Å². The molecule has 0 radical (unpaired) electrons. The normalized spacial score (nSPS) is 10.6. The molecule has 1 aromatic carbocycles. The number of hydrogen-bond acceptors (Lipinski definition) is 7. The number of carbonyl (C=O) groups is 1. The van der Waals surface area contributed by atoms with Crippen molar-refractivity contribution in [1.82, 2.24) is 9.97 Å². The van der Waals surface area contributed by atoms with Crippen LogP contribution >= 0.6 is 11.3 Å². The van der Waals surface area contributed by atoms with E-state index < -0.39 is 0 Å². The van der Waals surface area contributed by atoms with E-state index in [1.54, 1.807) is 25.4 Å². The van der Waals surface area contributed by atoms with Crippen molar-refractivity contribution >= 4 is 22.9 Å². The van der Waals surface area contributed by atoms with E-state index in [2.05, 4.69) is 15.3 Å². The van der Waals surface area contributed by atoms with Crippen LogP contribution in [0.4, 0.5) is 5.69 Å². The monoisotopic (exact) mass is 413 g/mol. The molecule has 0 atom stereocenters. The van der Waals surface area contributed by atoms with Gasteiger partial charge in [-0.25, -0.2) is 9.97 Å².